The van der Waals surface area contributed by atoms with Gasteiger partial charge in [-0.05, 0) is 37.5 Å². The molecular formula is C10H12FN. The first-order chi connectivity index (χ1) is 5.75. The molecule has 0 aromatic heterocycles. The van der Waals surface area contributed by atoms with E-state index in [1.54, 1.807) is 12.1 Å². The van der Waals surface area contributed by atoms with Crippen molar-refractivity contribution in [3.05, 3.63) is 29.6 Å². The lowest BCUT2D eigenvalue weighted by Gasteiger charge is -2.07. The first kappa shape index (κ1) is 7.59. The van der Waals surface area contributed by atoms with Crippen LogP contribution < -0.4 is 5.32 Å². The van der Waals surface area contributed by atoms with Crippen molar-refractivity contribution in [2.24, 2.45) is 0 Å². The van der Waals surface area contributed by atoms with Crippen LogP contribution in [0.3, 0.4) is 0 Å². The van der Waals surface area contributed by atoms with E-state index in [4.69, 9.17) is 0 Å². The minimum Gasteiger partial charge on any atom is -0.382 e. The molecule has 0 radical (unpaired) electrons. The maximum Gasteiger partial charge on any atom is 0.125 e. The van der Waals surface area contributed by atoms with Gasteiger partial charge in [0.2, 0.25) is 0 Å². The maximum atomic E-state index is 12.8. The van der Waals surface area contributed by atoms with E-state index in [0.29, 0.717) is 6.04 Å². The second-order valence-electron chi connectivity index (χ2n) is 3.38. The van der Waals surface area contributed by atoms with Crippen LogP contribution in [0.2, 0.25) is 0 Å². The van der Waals surface area contributed by atoms with E-state index in [1.165, 1.54) is 18.9 Å². The Hall–Kier alpha value is -1.05. The lowest BCUT2D eigenvalue weighted by atomic mass is 10.2. The van der Waals surface area contributed by atoms with E-state index < -0.39 is 0 Å². The number of benzene rings is 1. The topological polar surface area (TPSA) is 12.0 Å². The minimum atomic E-state index is -0.163. The Bertz CT molecular complexity index is 292. The molecule has 1 saturated carbocycles. The van der Waals surface area contributed by atoms with Gasteiger partial charge in [0.1, 0.15) is 5.82 Å². The third-order valence-corrected chi connectivity index (χ3v) is 2.14. The van der Waals surface area contributed by atoms with Gasteiger partial charge < -0.3 is 5.32 Å². The fourth-order valence-corrected chi connectivity index (χ4v) is 1.20. The lowest BCUT2D eigenvalue weighted by molar-refractivity contribution is 0.628. The smallest absolute Gasteiger partial charge is 0.125 e. The molecule has 0 heterocycles. The summed E-state index contributed by atoms with van der Waals surface area (Å²) in [5, 5.41) is 3.28. The molecule has 1 aliphatic carbocycles. The van der Waals surface area contributed by atoms with Crippen molar-refractivity contribution in [1.29, 1.82) is 0 Å². The van der Waals surface area contributed by atoms with Gasteiger partial charge in [-0.2, -0.15) is 0 Å². The van der Waals surface area contributed by atoms with Crippen molar-refractivity contribution in [3.63, 3.8) is 0 Å². The zero-order valence-corrected chi connectivity index (χ0v) is 7.10. The summed E-state index contributed by atoms with van der Waals surface area (Å²) in [6, 6.07) is 5.45. The number of hydrogen-bond donors (Lipinski definition) is 1. The van der Waals surface area contributed by atoms with Gasteiger partial charge in [0.25, 0.3) is 0 Å². The van der Waals surface area contributed by atoms with Crippen molar-refractivity contribution >= 4 is 5.69 Å². The SMILES string of the molecule is Cc1ccc(F)cc1NC1CC1. The molecule has 0 amide bonds. The number of hydrogen-bond acceptors (Lipinski definition) is 1. The molecule has 64 valence electrons. The fraction of sp³-hybridized carbons (Fsp3) is 0.400. The van der Waals surface area contributed by atoms with E-state index in [0.717, 1.165) is 11.3 Å². The van der Waals surface area contributed by atoms with Gasteiger partial charge in [-0.3, -0.25) is 0 Å². The Morgan fingerprint density at radius 3 is 2.83 bits per heavy atom. The summed E-state index contributed by atoms with van der Waals surface area (Å²) in [5.41, 5.74) is 2.06. The Labute approximate surface area is 71.6 Å². The molecule has 2 heteroatoms. The van der Waals surface area contributed by atoms with Gasteiger partial charge in [0.05, 0.1) is 0 Å². The second-order valence-corrected chi connectivity index (χ2v) is 3.38. The number of rotatable bonds is 2. The molecule has 0 spiro atoms. The van der Waals surface area contributed by atoms with E-state index in [1.807, 2.05) is 6.92 Å². The molecule has 0 atom stereocenters. The number of halogens is 1. The van der Waals surface area contributed by atoms with Crippen LogP contribution >= 0.6 is 0 Å². The van der Waals surface area contributed by atoms with Gasteiger partial charge in [0.15, 0.2) is 0 Å². The van der Waals surface area contributed by atoms with Crippen LogP contribution in [0, 0.1) is 12.7 Å². The molecule has 1 aliphatic rings. The molecule has 1 aromatic rings. The summed E-state index contributed by atoms with van der Waals surface area (Å²) in [7, 11) is 0. The number of aryl methyl sites for hydroxylation is 1. The Balaban J connectivity index is 2.21. The monoisotopic (exact) mass is 165 g/mol. The Morgan fingerprint density at radius 1 is 1.42 bits per heavy atom. The average molecular weight is 165 g/mol. The van der Waals surface area contributed by atoms with Crippen LogP contribution in [0.5, 0.6) is 0 Å². The van der Waals surface area contributed by atoms with Crippen molar-refractivity contribution in [2.45, 2.75) is 25.8 Å². The third-order valence-electron chi connectivity index (χ3n) is 2.14. The standard InChI is InChI=1S/C10H12FN/c1-7-2-3-8(11)6-10(7)12-9-4-5-9/h2-3,6,9,12H,4-5H2,1H3. The largest absolute Gasteiger partial charge is 0.382 e. The molecule has 1 fully saturated rings. The molecule has 2 rings (SSSR count). The van der Waals surface area contributed by atoms with Crippen molar-refractivity contribution < 1.29 is 4.39 Å². The molecule has 0 bridgehead atoms. The zero-order chi connectivity index (χ0) is 8.55. The average Bonchev–Trinajstić information content (AvgIpc) is 2.81. The van der Waals surface area contributed by atoms with Gasteiger partial charge in [0, 0.05) is 11.7 Å². The van der Waals surface area contributed by atoms with Gasteiger partial charge in [-0.1, -0.05) is 6.07 Å². The van der Waals surface area contributed by atoms with Gasteiger partial charge in [-0.25, -0.2) is 4.39 Å². The summed E-state index contributed by atoms with van der Waals surface area (Å²) in [5.74, 6) is -0.163. The molecule has 0 saturated heterocycles. The van der Waals surface area contributed by atoms with Crippen molar-refractivity contribution in [2.75, 3.05) is 5.32 Å². The molecule has 1 aromatic carbocycles. The Kier molecular flexibility index (Phi) is 1.75. The highest BCUT2D eigenvalue weighted by Gasteiger charge is 2.21. The summed E-state index contributed by atoms with van der Waals surface area (Å²) in [6.45, 7) is 1.99. The van der Waals surface area contributed by atoms with Crippen molar-refractivity contribution in [3.8, 4) is 0 Å². The zero-order valence-electron chi connectivity index (χ0n) is 7.10. The van der Waals surface area contributed by atoms with Crippen LogP contribution in [-0.2, 0) is 0 Å². The highest BCUT2D eigenvalue weighted by molar-refractivity contribution is 5.52. The maximum absolute atomic E-state index is 12.8. The minimum absolute atomic E-state index is 0.163. The second kappa shape index (κ2) is 2.77. The molecule has 0 aliphatic heterocycles. The molecule has 1 nitrogen and oxygen atoms in total. The molecule has 12 heavy (non-hydrogen) atoms. The fourth-order valence-electron chi connectivity index (χ4n) is 1.20. The summed E-state index contributed by atoms with van der Waals surface area (Å²) in [6.07, 6.45) is 2.44. The molecular weight excluding hydrogens is 153 g/mol. The third kappa shape index (κ3) is 1.58. The predicted molar refractivity (Wildman–Crippen MR) is 47.8 cm³/mol. The van der Waals surface area contributed by atoms with Crippen LogP contribution in [0.1, 0.15) is 18.4 Å². The number of nitrogens with one attached hydrogen (secondary N) is 1. The predicted octanol–water partition coefficient (Wildman–Crippen LogP) is 2.71. The summed E-state index contributed by atoms with van der Waals surface area (Å²) >= 11 is 0. The first-order valence-electron chi connectivity index (χ1n) is 4.28. The van der Waals surface area contributed by atoms with Gasteiger partial charge in [-0.15, -0.1) is 0 Å². The van der Waals surface area contributed by atoms with E-state index >= 15 is 0 Å². The van der Waals surface area contributed by atoms with E-state index in [-0.39, 0.29) is 5.82 Å². The van der Waals surface area contributed by atoms with E-state index in [2.05, 4.69) is 5.32 Å². The van der Waals surface area contributed by atoms with Crippen LogP contribution in [0.15, 0.2) is 18.2 Å². The molecule has 0 unspecified atom stereocenters. The van der Waals surface area contributed by atoms with Crippen LogP contribution in [-0.4, -0.2) is 6.04 Å². The first-order valence-corrected chi connectivity index (χ1v) is 4.28. The van der Waals surface area contributed by atoms with Crippen molar-refractivity contribution in [1.82, 2.24) is 0 Å². The van der Waals surface area contributed by atoms with E-state index in [9.17, 15) is 4.39 Å². The highest BCUT2D eigenvalue weighted by atomic mass is 19.1. The Morgan fingerprint density at radius 2 is 2.17 bits per heavy atom. The van der Waals surface area contributed by atoms with Gasteiger partial charge >= 0.3 is 0 Å². The lowest BCUT2D eigenvalue weighted by Crippen LogP contribution is -2.02. The quantitative estimate of drug-likeness (QED) is 0.710. The molecule has 1 N–H and O–H groups in total. The highest BCUT2D eigenvalue weighted by Crippen LogP contribution is 2.26. The van der Waals surface area contributed by atoms with Crippen LogP contribution in [0.4, 0.5) is 10.1 Å². The normalized spacial score (nSPS) is 16.2. The summed E-state index contributed by atoms with van der Waals surface area (Å²) < 4.78 is 12.8. The summed E-state index contributed by atoms with van der Waals surface area (Å²) in [4.78, 5) is 0. The number of anilines is 1. The van der Waals surface area contributed by atoms with Crippen LogP contribution in [0.25, 0.3) is 0 Å².